The highest BCUT2D eigenvalue weighted by Gasteiger charge is 2.68. The molecule has 0 aliphatic heterocycles. The Morgan fingerprint density at radius 3 is 2.73 bits per heavy atom. The third kappa shape index (κ3) is 3.42. The number of fused-ring (bicyclic) bond motifs is 1. The van der Waals surface area contributed by atoms with Gasteiger partial charge >= 0.3 is 5.97 Å². The zero-order chi connectivity index (χ0) is 26.9. The Morgan fingerprint density at radius 1 is 1.30 bits per heavy atom. The van der Waals surface area contributed by atoms with Crippen LogP contribution in [0.15, 0.2) is 35.8 Å². The number of pyridine rings is 1. The van der Waals surface area contributed by atoms with Crippen LogP contribution >= 0.6 is 0 Å². The SMILES string of the molecule is C=C[C@]1(C)C[C@@H](OC(=O)c2nn(N)c3ncccc3c2=O)[C@@]2(C)C3C(=O)CCC3(CC[C@H]2C)[C@@H](C)[C@@H]1O. The summed E-state index contributed by atoms with van der Waals surface area (Å²) in [6.45, 7) is 12.2. The van der Waals surface area contributed by atoms with E-state index in [9.17, 15) is 19.5 Å². The summed E-state index contributed by atoms with van der Waals surface area (Å²) in [7, 11) is 0. The van der Waals surface area contributed by atoms with Crippen molar-refractivity contribution in [3.05, 3.63) is 46.9 Å². The lowest BCUT2D eigenvalue weighted by molar-refractivity contribution is -0.192. The lowest BCUT2D eigenvalue weighted by Gasteiger charge is -2.61. The second kappa shape index (κ2) is 8.48. The molecule has 5 rings (SSSR count). The van der Waals surface area contributed by atoms with E-state index in [0.29, 0.717) is 12.8 Å². The van der Waals surface area contributed by atoms with Gasteiger partial charge in [0.2, 0.25) is 11.1 Å². The fourth-order valence-corrected chi connectivity index (χ4v) is 7.90. The Kier molecular flexibility index (Phi) is 5.86. The highest BCUT2D eigenvalue weighted by molar-refractivity contribution is 5.91. The van der Waals surface area contributed by atoms with E-state index in [1.807, 2.05) is 13.8 Å². The van der Waals surface area contributed by atoms with Gasteiger partial charge in [-0.25, -0.2) is 9.78 Å². The highest BCUT2D eigenvalue weighted by Crippen LogP contribution is 2.68. The Morgan fingerprint density at radius 2 is 2.03 bits per heavy atom. The van der Waals surface area contributed by atoms with Gasteiger partial charge in [-0.3, -0.25) is 9.59 Å². The molecule has 0 saturated heterocycles. The maximum atomic E-state index is 13.6. The summed E-state index contributed by atoms with van der Waals surface area (Å²) in [6.07, 6.45) is 4.80. The molecular formula is C28H36N4O5. The summed E-state index contributed by atoms with van der Waals surface area (Å²) in [5, 5.41) is 15.8. The molecule has 8 atom stereocenters. The second-order valence-corrected chi connectivity index (χ2v) is 12.0. The molecule has 0 amide bonds. The van der Waals surface area contributed by atoms with E-state index in [4.69, 9.17) is 10.6 Å². The van der Waals surface area contributed by atoms with Crippen molar-refractivity contribution in [3.63, 3.8) is 0 Å². The molecule has 2 unspecified atom stereocenters. The van der Waals surface area contributed by atoms with Crippen molar-refractivity contribution in [2.45, 2.75) is 72.0 Å². The lowest BCUT2D eigenvalue weighted by Crippen LogP contribution is -2.63. The minimum Gasteiger partial charge on any atom is -0.457 e. The van der Waals surface area contributed by atoms with Crippen molar-refractivity contribution in [3.8, 4) is 0 Å². The number of Topliss-reactive ketones (excluding diaryl/α,β-unsaturated/α-hetero) is 1. The second-order valence-electron chi connectivity index (χ2n) is 12.0. The number of aromatic nitrogens is 3. The molecule has 9 nitrogen and oxygen atoms in total. The molecule has 2 aromatic heterocycles. The van der Waals surface area contributed by atoms with Crippen molar-refractivity contribution < 1.29 is 19.4 Å². The number of nitrogens with zero attached hydrogens (tertiary/aromatic N) is 3. The first-order chi connectivity index (χ1) is 17.4. The van der Waals surface area contributed by atoms with Crippen LogP contribution in [-0.4, -0.2) is 43.9 Å². The molecule has 0 radical (unpaired) electrons. The summed E-state index contributed by atoms with van der Waals surface area (Å²) in [6, 6.07) is 3.12. The van der Waals surface area contributed by atoms with Crippen LogP contribution in [0, 0.1) is 34.0 Å². The summed E-state index contributed by atoms with van der Waals surface area (Å²) in [4.78, 5) is 45.3. The average Bonchev–Trinajstić information content (AvgIpc) is 3.24. The smallest absolute Gasteiger partial charge is 0.363 e. The lowest BCUT2D eigenvalue weighted by atomic mass is 9.44. The number of carbonyl (C=O) groups excluding carboxylic acids is 2. The van der Waals surface area contributed by atoms with Crippen LogP contribution in [0.3, 0.4) is 0 Å². The number of rotatable bonds is 3. The van der Waals surface area contributed by atoms with E-state index in [2.05, 4.69) is 30.5 Å². The van der Waals surface area contributed by atoms with Gasteiger partial charge < -0.3 is 15.7 Å². The molecule has 2 heterocycles. The molecule has 3 N–H and O–H groups in total. The number of ketones is 1. The molecule has 3 fully saturated rings. The molecule has 3 aliphatic carbocycles. The number of carbonyl (C=O) groups is 2. The summed E-state index contributed by atoms with van der Waals surface area (Å²) >= 11 is 0. The first-order valence-corrected chi connectivity index (χ1v) is 13.1. The molecular weight excluding hydrogens is 472 g/mol. The molecule has 2 aromatic rings. The van der Waals surface area contributed by atoms with Crippen LogP contribution in [0.4, 0.5) is 0 Å². The minimum atomic E-state index is -0.899. The molecule has 2 bridgehead atoms. The van der Waals surface area contributed by atoms with Crippen molar-refractivity contribution >= 4 is 22.8 Å². The van der Waals surface area contributed by atoms with E-state index in [1.54, 1.807) is 12.1 Å². The van der Waals surface area contributed by atoms with Crippen LogP contribution in [0.2, 0.25) is 0 Å². The topological polar surface area (TPSA) is 137 Å². The zero-order valence-electron chi connectivity index (χ0n) is 21.9. The number of nitrogens with two attached hydrogens (primary N) is 1. The number of hydrogen-bond acceptors (Lipinski definition) is 8. The number of hydrogen-bond donors (Lipinski definition) is 2. The Bertz CT molecular complexity index is 1360. The van der Waals surface area contributed by atoms with Gasteiger partial charge in [0.1, 0.15) is 11.9 Å². The van der Waals surface area contributed by atoms with Gasteiger partial charge in [-0.15, -0.1) is 11.7 Å². The maximum Gasteiger partial charge on any atom is 0.363 e. The molecule has 0 aromatic carbocycles. The zero-order valence-corrected chi connectivity index (χ0v) is 21.9. The van der Waals surface area contributed by atoms with E-state index in [-0.39, 0.29) is 46.4 Å². The molecule has 3 aliphatic rings. The molecule has 37 heavy (non-hydrogen) atoms. The fourth-order valence-electron chi connectivity index (χ4n) is 7.90. The van der Waals surface area contributed by atoms with Crippen LogP contribution in [0.1, 0.15) is 70.3 Å². The predicted molar refractivity (Wildman–Crippen MR) is 138 cm³/mol. The Balaban J connectivity index is 1.64. The largest absolute Gasteiger partial charge is 0.457 e. The van der Waals surface area contributed by atoms with E-state index >= 15 is 0 Å². The van der Waals surface area contributed by atoms with Crippen LogP contribution in [0.5, 0.6) is 0 Å². The van der Waals surface area contributed by atoms with Crippen molar-refractivity contribution in [2.75, 3.05) is 5.84 Å². The van der Waals surface area contributed by atoms with Gasteiger partial charge in [0, 0.05) is 29.4 Å². The Hall–Kier alpha value is -3.07. The van der Waals surface area contributed by atoms with Gasteiger partial charge in [-0.05, 0) is 55.1 Å². The normalized spacial score (nSPS) is 39.5. The number of ether oxygens (including phenoxy) is 1. The number of esters is 1. The monoisotopic (exact) mass is 508 g/mol. The van der Waals surface area contributed by atoms with Gasteiger partial charge in [0.05, 0.1) is 11.5 Å². The number of aliphatic hydroxyl groups excluding tert-OH is 1. The van der Waals surface area contributed by atoms with Crippen LogP contribution in [0.25, 0.3) is 11.0 Å². The average molecular weight is 509 g/mol. The van der Waals surface area contributed by atoms with Crippen molar-refractivity contribution in [1.82, 2.24) is 14.9 Å². The molecule has 198 valence electrons. The van der Waals surface area contributed by atoms with Gasteiger partial charge in [-0.1, -0.05) is 33.8 Å². The van der Waals surface area contributed by atoms with Crippen molar-refractivity contribution in [1.29, 1.82) is 0 Å². The first-order valence-electron chi connectivity index (χ1n) is 13.1. The highest BCUT2D eigenvalue weighted by atomic mass is 16.5. The molecule has 9 heteroatoms. The van der Waals surface area contributed by atoms with Gasteiger partial charge in [0.25, 0.3) is 0 Å². The Labute approximate surface area is 216 Å². The first kappa shape index (κ1) is 25.6. The van der Waals surface area contributed by atoms with Crippen LogP contribution < -0.4 is 11.3 Å². The minimum absolute atomic E-state index is 0.0712. The van der Waals surface area contributed by atoms with Crippen molar-refractivity contribution in [2.24, 2.45) is 34.0 Å². The third-order valence-electron chi connectivity index (χ3n) is 10.4. The van der Waals surface area contributed by atoms with E-state index < -0.39 is 40.1 Å². The maximum absolute atomic E-state index is 13.6. The van der Waals surface area contributed by atoms with E-state index in [0.717, 1.165) is 17.6 Å². The van der Waals surface area contributed by atoms with Gasteiger partial charge in [-0.2, -0.15) is 4.79 Å². The van der Waals surface area contributed by atoms with E-state index in [1.165, 1.54) is 12.3 Å². The molecule has 3 saturated carbocycles. The molecule has 0 spiro atoms. The number of nitrogen functional groups attached to an aromatic ring is 1. The number of aliphatic hydroxyl groups is 1. The van der Waals surface area contributed by atoms with Gasteiger partial charge in [0.15, 0.2) is 5.65 Å². The summed E-state index contributed by atoms with van der Waals surface area (Å²) < 4.78 is 6.19. The summed E-state index contributed by atoms with van der Waals surface area (Å²) in [5.74, 6) is 4.81. The predicted octanol–water partition coefficient (Wildman–Crippen LogP) is 3.03. The summed E-state index contributed by atoms with van der Waals surface area (Å²) in [5.41, 5.74) is -2.75. The standard InChI is InChI=1S/C28H36N4O5/c1-6-26(4)14-19(37-25(36)20-21(34)17-8-7-13-30-24(17)32(29)31-20)27(5)15(2)9-11-28(16(3)23(26)35)12-10-18(33)22(27)28/h6-8,13,15-16,19,22-23,35H,1,9-12,14,29H2,2-5H3/t15-,16+,19-,22?,23+,26-,27+,28?/m1/s1. The third-order valence-corrected chi connectivity index (χ3v) is 10.4. The fraction of sp³-hybridized carbons (Fsp3) is 0.607. The quantitative estimate of drug-likeness (QED) is 0.367. The van der Waals surface area contributed by atoms with Crippen LogP contribution in [-0.2, 0) is 9.53 Å².